The highest BCUT2D eigenvalue weighted by molar-refractivity contribution is 9.10. The van der Waals surface area contributed by atoms with Crippen molar-refractivity contribution in [3.05, 3.63) is 35.3 Å². The zero-order chi connectivity index (χ0) is 15.7. The number of urea groups is 1. The van der Waals surface area contributed by atoms with Gasteiger partial charge in [-0.3, -0.25) is 0 Å². The van der Waals surface area contributed by atoms with Crippen LogP contribution >= 0.6 is 26.2 Å². The molecule has 1 rings (SSSR count). The van der Waals surface area contributed by atoms with E-state index in [1.165, 1.54) is 6.08 Å². The van der Waals surface area contributed by atoms with Crippen molar-refractivity contribution in [1.29, 1.82) is 0 Å². The third-order valence-electron chi connectivity index (χ3n) is 2.04. The molecule has 0 bridgehead atoms. The zero-order valence-corrected chi connectivity index (χ0v) is 12.2. The molecule has 20 heavy (non-hydrogen) atoms. The van der Waals surface area contributed by atoms with Crippen molar-refractivity contribution in [2.75, 3.05) is 11.9 Å². The molecule has 1 aromatic rings. The Bertz CT molecular complexity index is 560. The predicted molar refractivity (Wildman–Crippen MR) is 72.8 cm³/mol. The lowest BCUT2D eigenvalue weighted by atomic mass is 10.3. The van der Waals surface area contributed by atoms with E-state index < -0.39 is 21.2 Å². The summed E-state index contributed by atoms with van der Waals surface area (Å²) >= 11 is 2.71. The number of carbonyl (C=O) groups is 1. The van der Waals surface area contributed by atoms with Gasteiger partial charge in [0, 0.05) is 11.0 Å². The van der Waals surface area contributed by atoms with Crippen LogP contribution in [0.4, 0.5) is 29.9 Å². The second kappa shape index (κ2) is 4.62. The smallest absolute Gasteiger partial charge is 0.319 e. The average Bonchev–Trinajstić information content (AvgIpc) is 2.26. The van der Waals surface area contributed by atoms with E-state index in [1.807, 2.05) is 0 Å². The van der Waals surface area contributed by atoms with Crippen LogP contribution in [0.25, 0.3) is 0 Å². The van der Waals surface area contributed by atoms with Gasteiger partial charge in [-0.1, -0.05) is 25.5 Å². The Morgan fingerprint density at radius 2 is 1.90 bits per heavy atom. The second-order valence-corrected chi connectivity index (χ2v) is 7.00. The normalized spacial score (nSPS) is 14.9. The summed E-state index contributed by atoms with van der Waals surface area (Å²) in [5.41, 5.74) is -0.0721. The average molecular weight is 381 g/mol. The van der Waals surface area contributed by atoms with E-state index in [1.54, 1.807) is 0 Å². The molecule has 2 amide bonds. The number of nitrogens with one attached hydrogen (secondary N) is 2. The van der Waals surface area contributed by atoms with Gasteiger partial charge in [0.25, 0.3) is 0 Å². The summed E-state index contributed by atoms with van der Waals surface area (Å²) < 4.78 is 62.5. The summed E-state index contributed by atoms with van der Waals surface area (Å²) in [6, 6.07) is 0.482. The molecule has 0 aliphatic rings. The van der Waals surface area contributed by atoms with Gasteiger partial charge in [0.05, 0.1) is 5.69 Å². The van der Waals surface area contributed by atoms with Crippen LogP contribution in [-0.4, -0.2) is 12.6 Å². The molecule has 0 aromatic heterocycles. The number of rotatable bonds is 4. The van der Waals surface area contributed by atoms with Crippen LogP contribution in [-0.2, 0) is 0 Å². The molecule has 0 saturated carbocycles. The van der Waals surface area contributed by atoms with E-state index in [9.17, 15) is 24.2 Å². The minimum absolute atomic E-state index is 0.0721. The van der Waals surface area contributed by atoms with Crippen LogP contribution in [0.3, 0.4) is 0 Å². The van der Waals surface area contributed by atoms with E-state index in [2.05, 4.69) is 33.1 Å². The molecule has 0 spiro atoms. The van der Waals surface area contributed by atoms with E-state index in [4.69, 9.17) is 0 Å². The molecule has 0 aliphatic carbocycles. The standard InChI is InChI=1S/C10H10BrF5N2OS/c1-2-5-17-10(19)18-9-4-3-7(6-8(9)11)20(12,13,14,15)16/h2-4,6H,1,5H2,(H2,17,18,19). The van der Waals surface area contributed by atoms with Crippen LogP contribution in [0.2, 0.25) is 0 Å². The lowest BCUT2D eigenvalue weighted by Crippen LogP contribution is -2.28. The quantitative estimate of drug-likeness (QED) is 0.531. The summed E-state index contributed by atoms with van der Waals surface area (Å²) in [5, 5.41) is 4.52. The molecule has 0 fully saturated rings. The van der Waals surface area contributed by atoms with Crippen LogP contribution in [0.5, 0.6) is 0 Å². The van der Waals surface area contributed by atoms with Gasteiger partial charge >= 0.3 is 16.3 Å². The molecule has 0 unspecified atom stereocenters. The second-order valence-electron chi connectivity index (χ2n) is 3.73. The van der Waals surface area contributed by atoms with Crippen LogP contribution < -0.4 is 10.6 Å². The van der Waals surface area contributed by atoms with Crippen molar-refractivity contribution in [1.82, 2.24) is 5.32 Å². The highest BCUT2D eigenvalue weighted by Gasteiger charge is 2.65. The third kappa shape index (κ3) is 4.67. The molecule has 0 radical (unpaired) electrons. The summed E-state index contributed by atoms with van der Waals surface area (Å²) in [6.07, 6.45) is 1.39. The maximum absolute atomic E-state index is 12.6. The van der Waals surface area contributed by atoms with Crippen LogP contribution in [0.15, 0.2) is 40.2 Å². The van der Waals surface area contributed by atoms with Crippen molar-refractivity contribution in [2.45, 2.75) is 4.90 Å². The van der Waals surface area contributed by atoms with Gasteiger partial charge in [0.1, 0.15) is 4.90 Å². The van der Waals surface area contributed by atoms with Crippen molar-refractivity contribution in [3.63, 3.8) is 0 Å². The number of carbonyl (C=O) groups excluding carboxylic acids is 1. The van der Waals surface area contributed by atoms with Gasteiger partial charge in [-0.15, -0.1) is 6.58 Å². The number of amides is 2. The van der Waals surface area contributed by atoms with Crippen molar-refractivity contribution >= 4 is 37.9 Å². The van der Waals surface area contributed by atoms with E-state index in [-0.39, 0.29) is 28.8 Å². The minimum Gasteiger partial charge on any atom is -0.334 e. The Labute approximate surface area is 120 Å². The summed E-state index contributed by atoms with van der Waals surface area (Å²) in [4.78, 5) is 9.24. The van der Waals surface area contributed by atoms with Gasteiger partial charge in [0.2, 0.25) is 0 Å². The van der Waals surface area contributed by atoms with Gasteiger partial charge in [-0.2, -0.15) is 0 Å². The SMILES string of the molecule is C=CCNC(=O)Nc1ccc(S(F)(F)(F)(F)F)cc1Br. The summed E-state index contributed by atoms with van der Waals surface area (Å²) in [6.45, 7) is 3.50. The Kier molecular flexibility index (Phi) is 3.87. The maximum atomic E-state index is 12.6. The molecule has 0 saturated heterocycles. The molecule has 0 heterocycles. The van der Waals surface area contributed by atoms with Crippen molar-refractivity contribution < 1.29 is 24.2 Å². The molecule has 0 aliphatic heterocycles. The van der Waals surface area contributed by atoms with Gasteiger partial charge in [-0.05, 0) is 34.1 Å². The molecular formula is C10H10BrF5N2OS. The highest BCUT2D eigenvalue weighted by Crippen LogP contribution is 3.02. The number of benzene rings is 1. The van der Waals surface area contributed by atoms with Gasteiger partial charge < -0.3 is 10.6 Å². The molecule has 10 heteroatoms. The Morgan fingerprint density at radius 1 is 1.30 bits per heavy atom. The summed E-state index contributed by atoms with van der Waals surface area (Å²) in [7, 11) is -9.73. The molecule has 3 nitrogen and oxygen atoms in total. The predicted octanol–water partition coefficient (Wildman–Crippen LogP) is 5.41. The van der Waals surface area contributed by atoms with Crippen molar-refractivity contribution in [2.24, 2.45) is 0 Å². The maximum Gasteiger partial charge on any atom is 0.319 e. The fraction of sp³-hybridized carbons (Fsp3) is 0.100. The van der Waals surface area contributed by atoms with Gasteiger partial charge in [-0.25, -0.2) is 4.79 Å². The largest absolute Gasteiger partial charge is 0.334 e. The summed E-state index contributed by atoms with van der Waals surface area (Å²) in [5.74, 6) is 0. The number of hydrogen-bond acceptors (Lipinski definition) is 1. The number of anilines is 1. The van der Waals surface area contributed by atoms with Crippen LogP contribution in [0.1, 0.15) is 0 Å². The first-order chi connectivity index (χ1) is 8.83. The van der Waals surface area contributed by atoms with E-state index in [0.29, 0.717) is 0 Å². The van der Waals surface area contributed by atoms with Crippen molar-refractivity contribution in [3.8, 4) is 0 Å². The Morgan fingerprint density at radius 3 is 2.35 bits per heavy atom. The fourth-order valence-corrected chi connectivity index (χ4v) is 2.46. The molecule has 0 atom stereocenters. The number of hydrogen-bond donors (Lipinski definition) is 2. The molecular weight excluding hydrogens is 371 g/mol. The molecule has 114 valence electrons. The third-order valence-corrected chi connectivity index (χ3v) is 3.84. The lowest BCUT2D eigenvalue weighted by Gasteiger charge is -2.40. The van der Waals surface area contributed by atoms with E-state index >= 15 is 0 Å². The zero-order valence-electron chi connectivity index (χ0n) is 9.81. The Balaban J connectivity index is 3.02. The first-order valence-corrected chi connectivity index (χ1v) is 7.77. The first-order valence-electron chi connectivity index (χ1n) is 5.03. The lowest BCUT2D eigenvalue weighted by molar-refractivity contribution is 0.253. The van der Waals surface area contributed by atoms with Gasteiger partial charge in [0.15, 0.2) is 0 Å². The van der Waals surface area contributed by atoms with E-state index in [0.717, 1.165) is 6.07 Å². The minimum atomic E-state index is -9.73. The fourth-order valence-electron chi connectivity index (χ4n) is 1.17. The topological polar surface area (TPSA) is 41.1 Å². The molecule has 1 aromatic carbocycles. The Hall–Kier alpha value is -1.29. The highest BCUT2D eigenvalue weighted by atomic mass is 79.9. The number of halogens is 6. The first kappa shape index (κ1) is 16.8. The molecule has 2 N–H and O–H groups in total. The van der Waals surface area contributed by atoms with Crippen LogP contribution in [0, 0.1) is 0 Å². The monoisotopic (exact) mass is 380 g/mol.